The van der Waals surface area contributed by atoms with Crippen LogP contribution in [-0.2, 0) is 6.54 Å². The van der Waals surface area contributed by atoms with Gasteiger partial charge in [-0.15, -0.1) is 0 Å². The van der Waals surface area contributed by atoms with E-state index >= 15 is 0 Å². The quantitative estimate of drug-likeness (QED) is 0.627. The zero-order chi connectivity index (χ0) is 13.1. The third-order valence-corrected chi connectivity index (χ3v) is 4.01. The van der Waals surface area contributed by atoms with Gasteiger partial charge < -0.3 is 0 Å². The summed E-state index contributed by atoms with van der Waals surface area (Å²) in [6, 6.07) is 0.0934. The molecule has 0 aliphatic rings. The number of halogens is 1. The van der Waals surface area contributed by atoms with Crippen molar-refractivity contribution >= 4 is 15.9 Å². The Kier molecular flexibility index (Phi) is 5.16. The molecular formula is C12H23BrN4. The Bertz CT molecular complexity index is 359. The van der Waals surface area contributed by atoms with Gasteiger partial charge in [0.2, 0.25) is 0 Å². The van der Waals surface area contributed by atoms with Crippen LogP contribution in [0.4, 0.5) is 0 Å². The van der Waals surface area contributed by atoms with Gasteiger partial charge in [0, 0.05) is 6.54 Å². The Labute approximate surface area is 112 Å². The number of hydrazine groups is 1. The van der Waals surface area contributed by atoms with Gasteiger partial charge in [0.25, 0.3) is 0 Å². The number of rotatable bonds is 6. The molecule has 0 aromatic carbocycles. The second-order valence-electron chi connectivity index (χ2n) is 5.04. The Morgan fingerprint density at radius 3 is 2.65 bits per heavy atom. The van der Waals surface area contributed by atoms with Crippen molar-refractivity contribution in [1.82, 2.24) is 15.2 Å². The number of hydrogen-bond acceptors (Lipinski definition) is 3. The molecular weight excluding hydrogens is 280 g/mol. The Morgan fingerprint density at radius 2 is 2.18 bits per heavy atom. The SMILES string of the molecule is CCCn1ncc(Br)c1C(NN)C(C)(C)CC. The van der Waals surface area contributed by atoms with Gasteiger partial charge in [-0.25, -0.2) is 0 Å². The number of nitrogens with one attached hydrogen (secondary N) is 1. The van der Waals surface area contributed by atoms with Crippen LogP contribution >= 0.6 is 15.9 Å². The van der Waals surface area contributed by atoms with Gasteiger partial charge in [0.15, 0.2) is 0 Å². The maximum absolute atomic E-state index is 5.75. The fourth-order valence-electron chi connectivity index (χ4n) is 1.93. The maximum Gasteiger partial charge on any atom is 0.0714 e. The summed E-state index contributed by atoms with van der Waals surface area (Å²) < 4.78 is 3.06. The number of hydrogen-bond donors (Lipinski definition) is 2. The van der Waals surface area contributed by atoms with Gasteiger partial charge in [0.1, 0.15) is 0 Å². The molecule has 5 heteroatoms. The van der Waals surface area contributed by atoms with E-state index in [1.54, 1.807) is 0 Å². The van der Waals surface area contributed by atoms with E-state index in [0.29, 0.717) is 0 Å². The van der Waals surface area contributed by atoms with Crippen LogP contribution in [0, 0.1) is 5.41 Å². The average molecular weight is 303 g/mol. The first-order valence-electron chi connectivity index (χ1n) is 6.15. The van der Waals surface area contributed by atoms with Crippen molar-refractivity contribution in [2.45, 2.75) is 53.1 Å². The summed E-state index contributed by atoms with van der Waals surface area (Å²) in [6.07, 6.45) is 3.96. The number of aromatic nitrogens is 2. The molecule has 3 N–H and O–H groups in total. The molecule has 1 atom stereocenters. The fourth-order valence-corrected chi connectivity index (χ4v) is 2.45. The summed E-state index contributed by atoms with van der Waals surface area (Å²) in [5.41, 5.74) is 4.17. The average Bonchev–Trinajstić information content (AvgIpc) is 2.63. The Hall–Kier alpha value is -0.390. The molecule has 0 fully saturated rings. The van der Waals surface area contributed by atoms with Gasteiger partial charge >= 0.3 is 0 Å². The van der Waals surface area contributed by atoms with Crippen LogP contribution in [0.3, 0.4) is 0 Å². The van der Waals surface area contributed by atoms with Crippen molar-refractivity contribution < 1.29 is 0 Å². The van der Waals surface area contributed by atoms with Crippen LogP contribution in [0.5, 0.6) is 0 Å². The second-order valence-corrected chi connectivity index (χ2v) is 5.90. The Morgan fingerprint density at radius 1 is 1.53 bits per heavy atom. The first-order valence-corrected chi connectivity index (χ1v) is 6.94. The van der Waals surface area contributed by atoms with Crippen LogP contribution in [0.1, 0.15) is 52.3 Å². The molecule has 4 nitrogen and oxygen atoms in total. The normalized spacial score (nSPS) is 14.0. The molecule has 1 aromatic heterocycles. The largest absolute Gasteiger partial charge is 0.271 e. The lowest BCUT2D eigenvalue weighted by Crippen LogP contribution is -2.39. The van der Waals surface area contributed by atoms with Gasteiger partial charge in [-0.1, -0.05) is 27.7 Å². The topological polar surface area (TPSA) is 55.9 Å². The first-order chi connectivity index (χ1) is 7.97. The molecule has 0 saturated heterocycles. The van der Waals surface area contributed by atoms with Crippen LogP contribution in [-0.4, -0.2) is 9.78 Å². The molecule has 1 heterocycles. The molecule has 1 unspecified atom stereocenters. The highest BCUT2D eigenvalue weighted by atomic mass is 79.9. The van der Waals surface area contributed by atoms with E-state index in [-0.39, 0.29) is 11.5 Å². The molecule has 0 radical (unpaired) electrons. The molecule has 0 spiro atoms. The van der Waals surface area contributed by atoms with E-state index in [1.807, 2.05) is 10.9 Å². The summed E-state index contributed by atoms with van der Waals surface area (Å²) in [7, 11) is 0. The monoisotopic (exact) mass is 302 g/mol. The lowest BCUT2D eigenvalue weighted by atomic mass is 9.80. The summed E-state index contributed by atoms with van der Waals surface area (Å²) in [6.45, 7) is 9.67. The van der Waals surface area contributed by atoms with Crippen LogP contribution in [0.2, 0.25) is 0 Å². The van der Waals surface area contributed by atoms with Crippen molar-refractivity contribution in [3.8, 4) is 0 Å². The second kappa shape index (κ2) is 5.98. The number of aryl methyl sites for hydroxylation is 1. The first kappa shape index (κ1) is 14.7. The highest BCUT2D eigenvalue weighted by Gasteiger charge is 2.32. The van der Waals surface area contributed by atoms with Crippen molar-refractivity contribution in [1.29, 1.82) is 0 Å². The molecule has 17 heavy (non-hydrogen) atoms. The number of nitrogens with zero attached hydrogens (tertiary/aromatic N) is 2. The lowest BCUT2D eigenvalue weighted by molar-refractivity contribution is 0.223. The van der Waals surface area contributed by atoms with E-state index in [9.17, 15) is 0 Å². The smallest absolute Gasteiger partial charge is 0.0714 e. The summed E-state index contributed by atoms with van der Waals surface area (Å²) >= 11 is 3.57. The van der Waals surface area contributed by atoms with Gasteiger partial charge in [0.05, 0.1) is 22.4 Å². The van der Waals surface area contributed by atoms with E-state index in [0.717, 1.165) is 29.6 Å². The van der Waals surface area contributed by atoms with Crippen LogP contribution in [0.25, 0.3) is 0 Å². The predicted molar refractivity (Wildman–Crippen MR) is 74.4 cm³/mol. The number of nitrogens with two attached hydrogens (primary N) is 1. The van der Waals surface area contributed by atoms with Crippen molar-refractivity contribution in [3.63, 3.8) is 0 Å². The minimum Gasteiger partial charge on any atom is -0.271 e. The molecule has 0 aliphatic heterocycles. The highest BCUT2D eigenvalue weighted by molar-refractivity contribution is 9.10. The molecule has 0 saturated carbocycles. The zero-order valence-electron chi connectivity index (χ0n) is 11.1. The van der Waals surface area contributed by atoms with Gasteiger partial charge in [-0.3, -0.25) is 16.0 Å². The third-order valence-electron chi connectivity index (χ3n) is 3.40. The Balaban J connectivity index is 3.15. The van der Waals surface area contributed by atoms with Gasteiger partial charge in [-0.2, -0.15) is 5.10 Å². The predicted octanol–water partition coefficient (Wildman–Crippen LogP) is 3.00. The maximum atomic E-state index is 5.75. The van der Waals surface area contributed by atoms with E-state index in [1.165, 1.54) is 0 Å². The van der Waals surface area contributed by atoms with Crippen molar-refractivity contribution in [2.75, 3.05) is 0 Å². The summed E-state index contributed by atoms with van der Waals surface area (Å²) in [4.78, 5) is 0. The molecule has 0 amide bonds. The minimum atomic E-state index is 0.0861. The summed E-state index contributed by atoms with van der Waals surface area (Å²) in [5.74, 6) is 5.75. The fraction of sp³-hybridized carbons (Fsp3) is 0.750. The van der Waals surface area contributed by atoms with Crippen molar-refractivity contribution in [3.05, 3.63) is 16.4 Å². The molecule has 0 bridgehead atoms. The lowest BCUT2D eigenvalue weighted by Gasteiger charge is -2.33. The highest BCUT2D eigenvalue weighted by Crippen LogP contribution is 2.38. The molecule has 98 valence electrons. The van der Waals surface area contributed by atoms with Gasteiger partial charge in [-0.05, 0) is 34.2 Å². The molecule has 1 aromatic rings. The standard InChI is InChI=1S/C12H23BrN4/c1-5-7-17-10(9(13)8-15-17)11(16-14)12(3,4)6-2/h8,11,16H,5-7,14H2,1-4H3. The minimum absolute atomic E-state index is 0.0861. The molecule has 1 rings (SSSR count). The third kappa shape index (κ3) is 3.09. The van der Waals surface area contributed by atoms with Crippen LogP contribution < -0.4 is 11.3 Å². The molecule has 0 aliphatic carbocycles. The zero-order valence-corrected chi connectivity index (χ0v) is 12.7. The van der Waals surface area contributed by atoms with Crippen molar-refractivity contribution in [2.24, 2.45) is 11.3 Å². The van der Waals surface area contributed by atoms with E-state index in [2.05, 4.69) is 54.1 Å². The van der Waals surface area contributed by atoms with Crippen LogP contribution in [0.15, 0.2) is 10.7 Å². The van der Waals surface area contributed by atoms with E-state index in [4.69, 9.17) is 5.84 Å². The summed E-state index contributed by atoms with van der Waals surface area (Å²) in [5, 5.41) is 4.40. The van der Waals surface area contributed by atoms with E-state index < -0.39 is 0 Å².